The lowest BCUT2D eigenvalue weighted by atomic mass is 9.99. The minimum Gasteiger partial charge on any atom is -0.387 e. The lowest BCUT2D eigenvalue weighted by Crippen LogP contribution is -2.60. The molecule has 0 bridgehead atoms. The molecular weight excluding hydrogens is 240 g/mol. The molecule has 0 aromatic carbocycles. The first kappa shape index (κ1) is 15.8. The summed E-state index contributed by atoms with van der Waals surface area (Å²) in [7, 11) is 0. The molecule has 1 saturated heterocycles. The van der Waals surface area contributed by atoms with Crippen LogP contribution in [0.25, 0.3) is 0 Å². The Balaban J connectivity index is 2.65. The summed E-state index contributed by atoms with van der Waals surface area (Å²) >= 11 is 0. The van der Waals surface area contributed by atoms with Crippen molar-refractivity contribution in [3.05, 3.63) is 0 Å². The van der Waals surface area contributed by atoms with Gasteiger partial charge in [-0.3, -0.25) is 0 Å². The fourth-order valence-corrected chi connectivity index (χ4v) is 1.82. The monoisotopic (exact) mass is 264 g/mol. The van der Waals surface area contributed by atoms with Crippen molar-refractivity contribution in [2.24, 2.45) is 0 Å². The summed E-state index contributed by atoms with van der Waals surface area (Å²) in [6.45, 7) is 7.45. The molecule has 5 atom stereocenters. The van der Waals surface area contributed by atoms with E-state index in [4.69, 9.17) is 14.2 Å². The van der Waals surface area contributed by atoms with Crippen LogP contribution in [0.5, 0.6) is 0 Å². The zero-order valence-electron chi connectivity index (χ0n) is 11.3. The van der Waals surface area contributed by atoms with E-state index >= 15 is 0 Å². The third-order valence-electron chi connectivity index (χ3n) is 2.68. The first-order valence-corrected chi connectivity index (χ1v) is 6.29. The summed E-state index contributed by atoms with van der Waals surface area (Å²) in [5, 5.41) is 29.4. The third kappa shape index (κ3) is 4.15. The standard InChI is InChI=1S/C12H24O6/c1-6(2)16-5-8-9(13)11(17-7(3)4)10(14)12(15)18-8/h6-15H,5H2,1-4H3. The summed E-state index contributed by atoms with van der Waals surface area (Å²) in [6, 6.07) is 0. The maximum atomic E-state index is 10.1. The van der Waals surface area contributed by atoms with Gasteiger partial charge in [0.25, 0.3) is 0 Å². The summed E-state index contributed by atoms with van der Waals surface area (Å²) in [5.41, 5.74) is 0. The SMILES string of the molecule is CC(C)OCC1OC(O)C(O)C(OC(C)C)C1O. The molecular formula is C12H24O6. The van der Waals surface area contributed by atoms with E-state index in [1.165, 1.54) is 0 Å². The summed E-state index contributed by atoms with van der Waals surface area (Å²) in [5.74, 6) is 0. The molecule has 5 unspecified atom stereocenters. The highest BCUT2D eigenvalue weighted by atomic mass is 16.7. The lowest BCUT2D eigenvalue weighted by molar-refractivity contribution is -0.301. The Morgan fingerprint density at radius 2 is 1.61 bits per heavy atom. The predicted octanol–water partition coefficient (Wildman–Crippen LogP) is -0.356. The van der Waals surface area contributed by atoms with Crippen LogP contribution in [0.4, 0.5) is 0 Å². The molecule has 3 N–H and O–H groups in total. The Labute approximate surface area is 107 Å². The van der Waals surface area contributed by atoms with Gasteiger partial charge in [-0.2, -0.15) is 0 Å². The van der Waals surface area contributed by atoms with E-state index in [-0.39, 0.29) is 18.8 Å². The Hall–Kier alpha value is -0.240. The smallest absolute Gasteiger partial charge is 0.184 e. The van der Waals surface area contributed by atoms with Gasteiger partial charge in [-0.25, -0.2) is 0 Å². The molecule has 0 radical (unpaired) electrons. The van der Waals surface area contributed by atoms with Crippen molar-refractivity contribution in [1.82, 2.24) is 0 Å². The van der Waals surface area contributed by atoms with Gasteiger partial charge in [-0.15, -0.1) is 0 Å². The normalized spacial score (nSPS) is 37.5. The average molecular weight is 264 g/mol. The second-order valence-corrected chi connectivity index (χ2v) is 5.08. The summed E-state index contributed by atoms with van der Waals surface area (Å²) < 4.78 is 15.9. The fraction of sp³-hybridized carbons (Fsp3) is 1.00. The number of ether oxygens (including phenoxy) is 3. The molecule has 18 heavy (non-hydrogen) atoms. The van der Waals surface area contributed by atoms with E-state index in [0.717, 1.165) is 0 Å². The minimum atomic E-state index is -1.38. The molecule has 1 heterocycles. The molecule has 1 rings (SSSR count). The maximum Gasteiger partial charge on any atom is 0.184 e. The molecule has 1 aliphatic rings. The van der Waals surface area contributed by atoms with E-state index in [1.807, 2.05) is 13.8 Å². The zero-order valence-corrected chi connectivity index (χ0v) is 11.3. The van der Waals surface area contributed by atoms with E-state index in [0.29, 0.717) is 0 Å². The van der Waals surface area contributed by atoms with Crippen molar-refractivity contribution in [3.63, 3.8) is 0 Å². The van der Waals surface area contributed by atoms with Crippen molar-refractivity contribution in [2.75, 3.05) is 6.61 Å². The van der Waals surface area contributed by atoms with E-state index < -0.39 is 30.7 Å². The molecule has 6 nitrogen and oxygen atoms in total. The molecule has 0 aromatic heterocycles. The topological polar surface area (TPSA) is 88.4 Å². The first-order chi connectivity index (χ1) is 8.32. The molecule has 0 amide bonds. The lowest BCUT2D eigenvalue weighted by Gasteiger charge is -2.41. The molecule has 0 spiro atoms. The van der Waals surface area contributed by atoms with Gasteiger partial charge in [0, 0.05) is 0 Å². The van der Waals surface area contributed by atoms with Crippen molar-refractivity contribution < 1.29 is 29.5 Å². The second kappa shape index (κ2) is 6.79. The quantitative estimate of drug-likeness (QED) is 0.629. The molecule has 0 aromatic rings. The van der Waals surface area contributed by atoms with Crippen molar-refractivity contribution in [3.8, 4) is 0 Å². The van der Waals surface area contributed by atoms with Gasteiger partial charge in [-0.05, 0) is 27.7 Å². The van der Waals surface area contributed by atoms with Crippen LogP contribution in [0.15, 0.2) is 0 Å². The number of hydrogen-bond acceptors (Lipinski definition) is 6. The molecule has 6 heteroatoms. The molecule has 0 aliphatic carbocycles. The molecule has 0 saturated carbocycles. The Bertz CT molecular complexity index is 245. The highest BCUT2D eigenvalue weighted by molar-refractivity contribution is 4.90. The van der Waals surface area contributed by atoms with E-state index in [1.54, 1.807) is 13.8 Å². The van der Waals surface area contributed by atoms with Crippen LogP contribution in [0.2, 0.25) is 0 Å². The van der Waals surface area contributed by atoms with Crippen molar-refractivity contribution in [1.29, 1.82) is 0 Å². The van der Waals surface area contributed by atoms with Crippen LogP contribution in [-0.2, 0) is 14.2 Å². The molecule has 108 valence electrons. The number of rotatable bonds is 5. The van der Waals surface area contributed by atoms with Gasteiger partial charge in [-0.1, -0.05) is 0 Å². The Morgan fingerprint density at radius 3 is 2.11 bits per heavy atom. The van der Waals surface area contributed by atoms with Gasteiger partial charge in [0.15, 0.2) is 6.29 Å². The van der Waals surface area contributed by atoms with Gasteiger partial charge >= 0.3 is 0 Å². The Morgan fingerprint density at radius 1 is 1.00 bits per heavy atom. The zero-order chi connectivity index (χ0) is 13.9. The largest absolute Gasteiger partial charge is 0.387 e. The Kier molecular flexibility index (Phi) is 5.97. The van der Waals surface area contributed by atoms with Crippen molar-refractivity contribution >= 4 is 0 Å². The van der Waals surface area contributed by atoms with Gasteiger partial charge in [0.05, 0.1) is 18.8 Å². The van der Waals surface area contributed by atoms with Crippen LogP contribution < -0.4 is 0 Å². The first-order valence-electron chi connectivity index (χ1n) is 6.29. The second-order valence-electron chi connectivity index (χ2n) is 5.08. The average Bonchev–Trinajstić information content (AvgIpc) is 2.27. The van der Waals surface area contributed by atoms with Crippen LogP contribution in [0.1, 0.15) is 27.7 Å². The molecule has 1 aliphatic heterocycles. The molecule has 1 fully saturated rings. The van der Waals surface area contributed by atoms with Crippen LogP contribution in [0.3, 0.4) is 0 Å². The third-order valence-corrected chi connectivity index (χ3v) is 2.68. The number of aliphatic hydroxyl groups excluding tert-OH is 3. The van der Waals surface area contributed by atoms with Gasteiger partial charge < -0.3 is 29.5 Å². The van der Waals surface area contributed by atoms with Crippen molar-refractivity contribution in [2.45, 2.75) is 70.6 Å². The summed E-state index contributed by atoms with van der Waals surface area (Å²) in [4.78, 5) is 0. The van der Waals surface area contributed by atoms with E-state index in [2.05, 4.69) is 0 Å². The highest BCUT2D eigenvalue weighted by Crippen LogP contribution is 2.23. The summed E-state index contributed by atoms with van der Waals surface area (Å²) in [6.07, 6.45) is -5.45. The predicted molar refractivity (Wildman–Crippen MR) is 64.0 cm³/mol. The number of aliphatic hydroxyl groups is 3. The van der Waals surface area contributed by atoms with Gasteiger partial charge in [0.1, 0.15) is 24.4 Å². The fourth-order valence-electron chi connectivity index (χ4n) is 1.82. The van der Waals surface area contributed by atoms with Crippen LogP contribution in [0, 0.1) is 0 Å². The highest BCUT2D eigenvalue weighted by Gasteiger charge is 2.45. The van der Waals surface area contributed by atoms with Gasteiger partial charge in [0.2, 0.25) is 0 Å². The van der Waals surface area contributed by atoms with Crippen LogP contribution in [-0.4, -0.2) is 64.8 Å². The number of hydrogen-bond donors (Lipinski definition) is 3. The van der Waals surface area contributed by atoms with E-state index in [9.17, 15) is 15.3 Å². The maximum absolute atomic E-state index is 10.1. The minimum absolute atomic E-state index is 0.00531. The van der Waals surface area contributed by atoms with Crippen LogP contribution >= 0.6 is 0 Å².